The monoisotopic (exact) mass is 285 g/mol. The summed E-state index contributed by atoms with van der Waals surface area (Å²) in [6, 6.07) is 0.0316. The van der Waals surface area contributed by atoms with Crippen molar-refractivity contribution in [3.8, 4) is 0 Å². The van der Waals surface area contributed by atoms with Crippen LogP contribution < -0.4 is 5.32 Å². The SMILES string of the molecule is CCCCNc1nc(C)cn1C1CCCS(=O)(=O)C1. The van der Waals surface area contributed by atoms with Crippen molar-refractivity contribution < 1.29 is 8.42 Å². The number of imidazole rings is 1. The molecule has 6 heteroatoms. The van der Waals surface area contributed by atoms with Crippen LogP contribution in [0.15, 0.2) is 6.20 Å². The molecule has 108 valence electrons. The molecule has 2 heterocycles. The van der Waals surface area contributed by atoms with Crippen LogP contribution in [-0.2, 0) is 9.84 Å². The van der Waals surface area contributed by atoms with Crippen LogP contribution in [0.3, 0.4) is 0 Å². The lowest BCUT2D eigenvalue weighted by atomic mass is 10.2. The van der Waals surface area contributed by atoms with Gasteiger partial charge in [-0.3, -0.25) is 0 Å². The van der Waals surface area contributed by atoms with Gasteiger partial charge in [-0.1, -0.05) is 13.3 Å². The van der Waals surface area contributed by atoms with E-state index in [4.69, 9.17) is 0 Å². The van der Waals surface area contributed by atoms with Crippen molar-refractivity contribution in [3.05, 3.63) is 11.9 Å². The van der Waals surface area contributed by atoms with E-state index in [9.17, 15) is 8.42 Å². The predicted molar refractivity (Wildman–Crippen MR) is 77.3 cm³/mol. The second-order valence-corrected chi connectivity index (χ2v) is 7.53. The highest BCUT2D eigenvalue weighted by Gasteiger charge is 2.27. The molecule has 1 unspecified atom stereocenters. The largest absolute Gasteiger partial charge is 0.356 e. The summed E-state index contributed by atoms with van der Waals surface area (Å²) in [7, 11) is -2.89. The highest BCUT2D eigenvalue weighted by atomic mass is 32.2. The average Bonchev–Trinajstić information content (AvgIpc) is 2.70. The highest BCUT2D eigenvalue weighted by molar-refractivity contribution is 7.91. The molecule has 1 aromatic rings. The summed E-state index contributed by atoms with van der Waals surface area (Å²) in [5.74, 6) is 1.38. The lowest BCUT2D eigenvalue weighted by molar-refractivity contribution is 0.473. The van der Waals surface area contributed by atoms with Gasteiger partial charge < -0.3 is 9.88 Å². The number of hydrogen-bond donors (Lipinski definition) is 1. The molecule has 1 N–H and O–H groups in total. The molecule has 0 saturated carbocycles. The molecule has 1 atom stereocenters. The van der Waals surface area contributed by atoms with Gasteiger partial charge in [0, 0.05) is 12.7 Å². The molecule has 0 amide bonds. The Morgan fingerprint density at radius 2 is 2.32 bits per heavy atom. The first-order chi connectivity index (χ1) is 9.02. The van der Waals surface area contributed by atoms with Gasteiger partial charge in [0.2, 0.25) is 5.95 Å². The number of sulfone groups is 1. The summed E-state index contributed by atoms with van der Waals surface area (Å²) in [6.45, 7) is 4.97. The minimum absolute atomic E-state index is 0.0316. The Kier molecular flexibility index (Phi) is 4.50. The molecule has 0 bridgehead atoms. The van der Waals surface area contributed by atoms with E-state index in [0.29, 0.717) is 5.75 Å². The van der Waals surface area contributed by atoms with Crippen LogP contribution >= 0.6 is 0 Å². The van der Waals surface area contributed by atoms with Gasteiger partial charge in [-0.05, 0) is 26.2 Å². The molecule has 1 fully saturated rings. The number of aryl methyl sites for hydroxylation is 1. The Balaban J connectivity index is 2.14. The molecular weight excluding hydrogens is 262 g/mol. The normalized spacial score (nSPS) is 22.3. The van der Waals surface area contributed by atoms with E-state index in [1.165, 1.54) is 0 Å². The van der Waals surface area contributed by atoms with Crippen LogP contribution in [0, 0.1) is 6.92 Å². The van der Waals surface area contributed by atoms with Crippen LogP contribution in [0.1, 0.15) is 44.3 Å². The number of anilines is 1. The average molecular weight is 285 g/mol. The van der Waals surface area contributed by atoms with Crippen molar-refractivity contribution in [3.63, 3.8) is 0 Å². The minimum Gasteiger partial charge on any atom is -0.356 e. The van der Waals surface area contributed by atoms with Crippen LogP contribution in [0.25, 0.3) is 0 Å². The lowest BCUT2D eigenvalue weighted by Gasteiger charge is -2.24. The van der Waals surface area contributed by atoms with Crippen LogP contribution in [0.4, 0.5) is 5.95 Å². The maximum Gasteiger partial charge on any atom is 0.203 e. The predicted octanol–water partition coefficient (Wildman–Crippen LogP) is 2.15. The molecule has 19 heavy (non-hydrogen) atoms. The van der Waals surface area contributed by atoms with Crippen LogP contribution in [-0.4, -0.2) is 36.0 Å². The van der Waals surface area contributed by atoms with E-state index >= 15 is 0 Å². The smallest absolute Gasteiger partial charge is 0.203 e. The zero-order valence-corrected chi connectivity index (χ0v) is 12.5. The van der Waals surface area contributed by atoms with E-state index < -0.39 is 9.84 Å². The van der Waals surface area contributed by atoms with Gasteiger partial charge in [0.25, 0.3) is 0 Å². The summed E-state index contributed by atoms with van der Waals surface area (Å²) in [5.41, 5.74) is 0.932. The first kappa shape index (κ1) is 14.4. The summed E-state index contributed by atoms with van der Waals surface area (Å²) >= 11 is 0. The highest BCUT2D eigenvalue weighted by Crippen LogP contribution is 2.26. The van der Waals surface area contributed by atoms with Gasteiger partial charge in [0.15, 0.2) is 9.84 Å². The fourth-order valence-corrected chi connectivity index (χ4v) is 4.21. The van der Waals surface area contributed by atoms with Gasteiger partial charge >= 0.3 is 0 Å². The van der Waals surface area contributed by atoms with E-state index in [1.54, 1.807) is 0 Å². The maximum atomic E-state index is 11.8. The molecule has 0 aromatic carbocycles. The van der Waals surface area contributed by atoms with Crippen molar-refractivity contribution in [2.24, 2.45) is 0 Å². The third kappa shape index (κ3) is 3.72. The fourth-order valence-electron chi connectivity index (χ4n) is 2.52. The number of nitrogens with one attached hydrogen (secondary N) is 1. The molecular formula is C13H23N3O2S. The topological polar surface area (TPSA) is 64.0 Å². The number of unbranched alkanes of at least 4 members (excludes halogenated alkanes) is 1. The second-order valence-electron chi connectivity index (χ2n) is 5.30. The fraction of sp³-hybridized carbons (Fsp3) is 0.769. The molecule has 1 aliphatic heterocycles. The summed E-state index contributed by atoms with van der Waals surface area (Å²) in [6.07, 6.45) is 5.84. The van der Waals surface area contributed by atoms with E-state index in [0.717, 1.165) is 43.9 Å². The van der Waals surface area contributed by atoms with Crippen molar-refractivity contribution in [1.82, 2.24) is 9.55 Å². The van der Waals surface area contributed by atoms with Crippen LogP contribution in [0.5, 0.6) is 0 Å². The molecule has 0 spiro atoms. The summed E-state index contributed by atoms with van der Waals surface area (Å²) in [4.78, 5) is 4.46. The van der Waals surface area contributed by atoms with Gasteiger partial charge in [-0.2, -0.15) is 0 Å². The standard InChI is InChI=1S/C13H23N3O2S/c1-3-4-7-14-13-15-11(2)9-16(13)12-6-5-8-19(17,18)10-12/h9,12H,3-8,10H2,1-2H3,(H,14,15). The Morgan fingerprint density at radius 1 is 1.53 bits per heavy atom. The number of aromatic nitrogens is 2. The van der Waals surface area contributed by atoms with Crippen LogP contribution in [0.2, 0.25) is 0 Å². The maximum absolute atomic E-state index is 11.8. The van der Waals surface area contributed by atoms with Crippen molar-refractivity contribution in [2.75, 3.05) is 23.4 Å². The molecule has 1 aromatic heterocycles. The first-order valence-electron chi connectivity index (χ1n) is 7.01. The van der Waals surface area contributed by atoms with Gasteiger partial charge in [0.1, 0.15) is 0 Å². The molecule has 1 aliphatic rings. The molecule has 0 radical (unpaired) electrons. The summed E-state index contributed by atoms with van der Waals surface area (Å²) in [5, 5.41) is 3.32. The second kappa shape index (κ2) is 5.94. The van der Waals surface area contributed by atoms with Crippen molar-refractivity contribution in [1.29, 1.82) is 0 Å². The Hall–Kier alpha value is -1.04. The Morgan fingerprint density at radius 3 is 3.00 bits per heavy atom. The first-order valence-corrected chi connectivity index (χ1v) is 8.84. The number of hydrogen-bond acceptors (Lipinski definition) is 4. The van der Waals surface area contributed by atoms with E-state index in [-0.39, 0.29) is 11.8 Å². The van der Waals surface area contributed by atoms with Crippen molar-refractivity contribution in [2.45, 2.75) is 45.6 Å². The lowest BCUT2D eigenvalue weighted by Crippen LogP contribution is -2.28. The number of rotatable bonds is 5. The van der Waals surface area contributed by atoms with Gasteiger partial charge in [-0.15, -0.1) is 0 Å². The number of nitrogens with zero attached hydrogens (tertiary/aromatic N) is 2. The van der Waals surface area contributed by atoms with Gasteiger partial charge in [0.05, 0.1) is 23.2 Å². The Labute approximate surface area is 115 Å². The quantitative estimate of drug-likeness (QED) is 0.842. The van der Waals surface area contributed by atoms with E-state index in [1.807, 2.05) is 17.7 Å². The minimum atomic E-state index is -2.89. The Bertz CT molecular complexity index is 522. The third-order valence-corrected chi connectivity index (χ3v) is 5.30. The van der Waals surface area contributed by atoms with Crippen molar-refractivity contribution >= 4 is 15.8 Å². The molecule has 2 rings (SSSR count). The molecule has 1 saturated heterocycles. The third-order valence-electron chi connectivity index (χ3n) is 3.50. The molecule has 0 aliphatic carbocycles. The summed E-state index contributed by atoms with van der Waals surface area (Å²) < 4.78 is 25.5. The molecule has 5 nitrogen and oxygen atoms in total. The van der Waals surface area contributed by atoms with E-state index in [2.05, 4.69) is 17.2 Å². The van der Waals surface area contributed by atoms with Gasteiger partial charge in [-0.25, -0.2) is 13.4 Å². The zero-order valence-electron chi connectivity index (χ0n) is 11.7. The zero-order chi connectivity index (χ0) is 13.9.